The van der Waals surface area contributed by atoms with Crippen molar-refractivity contribution in [3.63, 3.8) is 0 Å². The van der Waals surface area contributed by atoms with Crippen LogP contribution in [-0.4, -0.2) is 75.8 Å². The molecule has 8 nitrogen and oxygen atoms in total. The molecule has 35 heavy (non-hydrogen) atoms. The lowest BCUT2D eigenvalue weighted by Crippen LogP contribution is -2.42. The second-order valence-electron chi connectivity index (χ2n) is 9.31. The van der Waals surface area contributed by atoms with Gasteiger partial charge in [0.1, 0.15) is 0 Å². The van der Waals surface area contributed by atoms with Gasteiger partial charge in [-0.2, -0.15) is 13.2 Å². The van der Waals surface area contributed by atoms with Crippen molar-refractivity contribution in [3.05, 3.63) is 42.0 Å². The van der Waals surface area contributed by atoms with Gasteiger partial charge in [0, 0.05) is 44.3 Å². The number of aliphatic carboxylic acids is 1. The van der Waals surface area contributed by atoms with E-state index in [1.165, 1.54) is 17.2 Å². The van der Waals surface area contributed by atoms with E-state index in [2.05, 4.69) is 22.9 Å². The third-order valence-corrected chi connectivity index (χ3v) is 5.81. The number of benzene rings is 1. The van der Waals surface area contributed by atoms with Crippen LogP contribution < -0.4 is 5.32 Å². The highest BCUT2D eigenvalue weighted by Gasteiger charge is 2.38. The van der Waals surface area contributed by atoms with Gasteiger partial charge in [-0.15, -0.1) is 0 Å². The van der Waals surface area contributed by atoms with Gasteiger partial charge in [-0.3, -0.25) is 14.5 Å². The molecular weight excluding hydrogens is 467 g/mol. The summed E-state index contributed by atoms with van der Waals surface area (Å²) in [6.07, 6.45) is -1.54. The summed E-state index contributed by atoms with van der Waals surface area (Å²) in [6, 6.07) is 6.05. The molecule has 2 aliphatic heterocycles. The minimum absolute atomic E-state index is 0.0398. The van der Waals surface area contributed by atoms with Crippen molar-refractivity contribution in [3.8, 4) is 0 Å². The lowest BCUT2D eigenvalue weighted by molar-refractivity contribution is -0.192. The fraction of sp³-hybridized carbons (Fsp3) is 0.542. The molecule has 1 aromatic rings. The van der Waals surface area contributed by atoms with Crippen molar-refractivity contribution in [1.29, 1.82) is 0 Å². The van der Waals surface area contributed by atoms with E-state index in [0.29, 0.717) is 32.5 Å². The molecule has 1 fully saturated rings. The Balaban J connectivity index is 0.000000540. The van der Waals surface area contributed by atoms with Crippen molar-refractivity contribution >= 4 is 23.5 Å². The van der Waals surface area contributed by atoms with Gasteiger partial charge < -0.3 is 20.4 Å². The number of carbonyl (C=O) groups excluding carboxylic acids is 2. The van der Waals surface area contributed by atoms with E-state index < -0.39 is 17.7 Å². The van der Waals surface area contributed by atoms with Crippen molar-refractivity contribution in [2.75, 3.05) is 31.5 Å². The smallest absolute Gasteiger partial charge is 0.475 e. The van der Waals surface area contributed by atoms with Gasteiger partial charge in [-0.25, -0.2) is 4.79 Å². The molecule has 1 aromatic carbocycles. The van der Waals surface area contributed by atoms with Crippen LogP contribution in [0.1, 0.15) is 37.8 Å². The number of likely N-dealkylation sites (tertiary alicyclic amines) is 1. The second-order valence-corrected chi connectivity index (χ2v) is 9.31. The normalized spacial score (nSPS) is 17.0. The molecule has 11 heteroatoms. The molecule has 0 saturated carbocycles. The quantitative estimate of drug-likeness (QED) is 0.538. The number of nitrogens with one attached hydrogen (secondary N) is 1. The number of hydrogen-bond donors (Lipinski definition) is 3. The highest BCUT2D eigenvalue weighted by Crippen LogP contribution is 2.28. The summed E-state index contributed by atoms with van der Waals surface area (Å²) in [5.74, 6) is -2.85. The molecule has 2 amide bonds. The van der Waals surface area contributed by atoms with Gasteiger partial charge in [0.25, 0.3) is 0 Å². The van der Waals surface area contributed by atoms with Crippen LogP contribution in [0, 0.1) is 5.92 Å². The first-order valence-electron chi connectivity index (χ1n) is 11.3. The zero-order valence-electron chi connectivity index (χ0n) is 19.9. The molecule has 3 N–H and O–H groups in total. The summed E-state index contributed by atoms with van der Waals surface area (Å²) < 4.78 is 31.7. The van der Waals surface area contributed by atoms with E-state index in [1.54, 1.807) is 4.90 Å². The van der Waals surface area contributed by atoms with Gasteiger partial charge in [-0.05, 0) is 56.4 Å². The van der Waals surface area contributed by atoms with Crippen LogP contribution in [0.5, 0.6) is 0 Å². The average molecular weight is 500 g/mol. The molecule has 194 valence electrons. The van der Waals surface area contributed by atoms with Gasteiger partial charge in [0.15, 0.2) is 0 Å². The number of β-amino-alcohol motifs (C(OH)–C–C–N with tert-alkyl or cyclic N) is 1. The summed E-state index contributed by atoms with van der Waals surface area (Å²) in [4.78, 5) is 37.4. The summed E-state index contributed by atoms with van der Waals surface area (Å²) in [7, 11) is 0. The lowest BCUT2D eigenvalue weighted by Gasteiger charge is -2.34. The maximum absolute atomic E-state index is 12.8. The molecule has 2 heterocycles. The van der Waals surface area contributed by atoms with Crippen molar-refractivity contribution in [1.82, 2.24) is 9.80 Å². The van der Waals surface area contributed by atoms with Gasteiger partial charge in [0.2, 0.25) is 11.8 Å². The first-order valence-corrected chi connectivity index (χ1v) is 11.3. The minimum Gasteiger partial charge on any atom is -0.475 e. The average Bonchev–Trinajstić information content (AvgIpc) is 2.77. The number of halogens is 3. The number of anilines is 1. The Morgan fingerprint density at radius 3 is 2.29 bits per heavy atom. The summed E-state index contributed by atoms with van der Waals surface area (Å²) in [5.41, 5.74) is 2.59. The fourth-order valence-electron chi connectivity index (χ4n) is 4.19. The number of hydrogen-bond acceptors (Lipinski definition) is 5. The number of aliphatic hydroxyl groups is 1. The molecule has 1 saturated heterocycles. The molecule has 0 spiro atoms. The molecule has 2 aliphatic rings. The van der Waals surface area contributed by atoms with Crippen molar-refractivity contribution < 1.29 is 37.8 Å². The molecule has 0 aromatic heterocycles. The van der Waals surface area contributed by atoms with E-state index in [9.17, 15) is 27.9 Å². The Hall–Kier alpha value is -2.92. The summed E-state index contributed by atoms with van der Waals surface area (Å²) in [6.45, 7) is 10.7. The van der Waals surface area contributed by atoms with E-state index in [1.807, 2.05) is 26.0 Å². The standard InChI is InChI=1S/C22H31N3O3.C2HF3O2/c1-4-20(26)25-12-8-16(9-13-25)21(27)23-19-7-5-6-17-14-24(11-10-18(17)19)15-22(2,3)28;3-2(4,5)1(6)7/h4-7,16,28H,1,8-15H2,2-3H3,(H,23,27);(H,6,7). The van der Waals surface area contributed by atoms with E-state index in [0.717, 1.165) is 25.2 Å². The Labute approximate surface area is 202 Å². The number of amides is 2. The Morgan fingerprint density at radius 1 is 1.17 bits per heavy atom. The highest BCUT2D eigenvalue weighted by molar-refractivity contribution is 5.94. The monoisotopic (exact) mass is 499 g/mol. The highest BCUT2D eigenvalue weighted by atomic mass is 19.4. The van der Waals surface area contributed by atoms with Gasteiger partial charge in [-0.1, -0.05) is 18.7 Å². The van der Waals surface area contributed by atoms with Crippen LogP contribution in [0.2, 0.25) is 0 Å². The van der Waals surface area contributed by atoms with Gasteiger partial charge >= 0.3 is 12.1 Å². The second kappa shape index (κ2) is 11.7. The molecular formula is C24H32F3N3O5. The number of rotatable bonds is 5. The number of carbonyl (C=O) groups is 3. The molecule has 3 rings (SSSR count). The predicted octanol–water partition coefficient (Wildman–Crippen LogP) is 2.81. The third-order valence-electron chi connectivity index (χ3n) is 5.81. The number of alkyl halides is 3. The summed E-state index contributed by atoms with van der Waals surface area (Å²) in [5, 5.41) is 20.3. The van der Waals surface area contributed by atoms with Crippen LogP contribution in [0.3, 0.4) is 0 Å². The van der Waals surface area contributed by atoms with Crippen LogP contribution in [-0.2, 0) is 27.3 Å². The first-order chi connectivity index (χ1) is 16.2. The predicted molar refractivity (Wildman–Crippen MR) is 124 cm³/mol. The fourth-order valence-corrected chi connectivity index (χ4v) is 4.19. The SMILES string of the molecule is C=CC(=O)N1CCC(C(=O)Nc2cccc3c2CCN(CC(C)(C)O)C3)CC1.O=C(O)C(F)(F)F. The topological polar surface area (TPSA) is 110 Å². The van der Waals surface area contributed by atoms with E-state index in [-0.39, 0.29) is 17.7 Å². The van der Waals surface area contributed by atoms with E-state index in [4.69, 9.17) is 9.90 Å². The molecule has 0 unspecified atom stereocenters. The number of fused-ring (bicyclic) bond motifs is 1. The number of nitrogens with zero attached hydrogens (tertiary/aromatic N) is 2. The van der Waals surface area contributed by atoms with Crippen LogP contribution in [0.4, 0.5) is 18.9 Å². The number of carboxylic acid groups (broad SMARTS) is 1. The maximum atomic E-state index is 12.8. The van der Waals surface area contributed by atoms with Crippen LogP contribution >= 0.6 is 0 Å². The van der Waals surface area contributed by atoms with Crippen molar-refractivity contribution in [2.24, 2.45) is 5.92 Å². The molecule has 0 radical (unpaired) electrons. The third kappa shape index (κ3) is 8.66. The van der Waals surface area contributed by atoms with Crippen LogP contribution in [0.25, 0.3) is 0 Å². The Bertz CT molecular complexity index is 935. The number of carboxylic acids is 1. The first kappa shape index (κ1) is 28.3. The molecule has 0 aliphatic carbocycles. The number of piperidine rings is 1. The minimum atomic E-state index is -5.08. The zero-order valence-corrected chi connectivity index (χ0v) is 19.9. The molecule has 0 atom stereocenters. The van der Waals surface area contributed by atoms with Gasteiger partial charge in [0.05, 0.1) is 5.60 Å². The zero-order chi connectivity index (χ0) is 26.4. The Morgan fingerprint density at radius 2 is 1.77 bits per heavy atom. The maximum Gasteiger partial charge on any atom is 0.490 e. The molecule has 0 bridgehead atoms. The lowest BCUT2D eigenvalue weighted by atomic mass is 9.94. The van der Waals surface area contributed by atoms with Crippen LogP contribution in [0.15, 0.2) is 30.9 Å². The van der Waals surface area contributed by atoms with Crippen molar-refractivity contribution in [2.45, 2.75) is 51.4 Å². The Kier molecular flexibility index (Phi) is 9.45. The summed E-state index contributed by atoms with van der Waals surface area (Å²) >= 11 is 0. The largest absolute Gasteiger partial charge is 0.490 e. The van der Waals surface area contributed by atoms with E-state index >= 15 is 0 Å².